The molecule has 3 heterocycles. The third-order valence-corrected chi connectivity index (χ3v) is 5.72. The molecule has 0 saturated carbocycles. The van der Waals surface area contributed by atoms with Gasteiger partial charge >= 0.3 is 6.01 Å². The highest BCUT2D eigenvalue weighted by molar-refractivity contribution is 5.86. The van der Waals surface area contributed by atoms with E-state index in [4.69, 9.17) is 20.9 Å². The van der Waals surface area contributed by atoms with Crippen molar-refractivity contribution in [3.63, 3.8) is 0 Å². The average molecular weight is 526 g/mol. The molecule has 194 valence electrons. The van der Waals surface area contributed by atoms with Crippen LogP contribution in [0.1, 0.15) is 11.3 Å². The number of nitrogens with two attached hydrogens (primary N) is 2. The Labute approximate surface area is 211 Å². The molecule has 10 nitrogen and oxygen atoms in total. The molecule has 5 rings (SSSR count). The van der Waals surface area contributed by atoms with E-state index in [2.05, 4.69) is 25.0 Å². The molecule has 2 aromatic carbocycles. The van der Waals surface area contributed by atoms with Crippen molar-refractivity contribution in [1.82, 2.24) is 29.7 Å². The Morgan fingerprint density at radius 1 is 0.895 bits per heavy atom. The number of methoxy groups -OCH3 is 2. The average Bonchev–Trinajstić information content (AvgIpc) is 3.25. The van der Waals surface area contributed by atoms with Crippen molar-refractivity contribution < 1.29 is 27.0 Å². The Kier molecular flexibility index (Phi) is 6.14. The molecular formula is C24H18F4N8O2. The summed E-state index contributed by atoms with van der Waals surface area (Å²) in [5.41, 5.74) is 12.7. The summed E-state index contributed by atoms with van der Waals surface area (Å²) in [5, 5.41) is 4.54. The zero-order valence-electron chi connectivity index (χ0n) is 19.8. The third-order valence-electron chi connectivity index (χ3n) is 5.72. The fraction of sp³-hybridized carbons (Fsp3) is 0.125. The summed E-state index contributed by atoms with van der Waals surface area (Å²) in [5.74, 6) is -4.38. The van der Waals surface area contributed by atoms with Crippen LogP contribution in [0.15, 0.2) is 36.5 Å². The SMILES string of the molecule is COc1ncc(-c2c(N)nc(-n3nc(Cc4c(F)ccc(F)c4F)c4cc(F)ccc43)nc2N)c(OC)n1. The molecule has 0 amide bonds. The van der Waals surface area contributed by atoms with Crippen molar-refractivity contribution in [2.75, 3.05) is 25.7 Å². The number of rotatable bonds is 6. The molecule has 0 aliphatic heterocycles. The minimum atomic E-state index is -1.37. The van der Waals surface area contributed by atoms with Crippen LogP contribution in [0.3, 0.4) is 0 Å². The summed E-state index contributed by atoms with van der Waals surface area (Å²) in [6.07, 6.45) is 0.897. The molecule has 4 N–H and O–H groups in total. The maximum absolute atomic E-state index is 14.4. The first-order chi connectivity index (χ1) is 18.2. The van der Waals surface area contributed by atoms with Crippen molar-refractivity contribution in [1.29, 1.82) is 0 Å². The second-order valence-corrected chi connectivity index (χ2v) is 7.97. The van der Waals surface area contributed by atoms with Gasteiger partial charge in [-0.25, -0.2) is 22.5 Å². The Morgan fingerprint density at radius 2 is 1.61 bits per heavy atom. The number of hydrogen-bond acceptors (Lipinski definition) is 9. The first-order valence-electron chi connectivity index (χ1n) is 10.9. The van der Waals surface area contributed by atoms with E-state index in [9.17, 15) is 17.6 Å². The van der Waals surface area contributed by atoms with Gasteiger partial charge in [0.15, 0.2) is 11.6 Å². The van der Waals surface area contributed by atoms with Crippen molar-refractivity contribution in [3.05, 3.63) is 71.1 Å². The normalized spacial score (nSPS) is 11.2. The summed E-state index contributed by atoms with van der Waals surface area (Å²) in [6, 6.07) is 5.19. The Morgan fingerprint density at radius 3 is 2.29 bits per heavy atom. The van der Waals surface area contributed by atoms with Gasteiger partial charge in [0.05, 0.1) is 36.6 Å². The van der Waals surface area contributed by atoms with Gasteiger partial charge in [0.2, 0.25) is 5.88 Å². The van der Waals surface area contributed by atoms with E-state index in [1.165, 1.54) is 31.2 Å². The third kappa shape index (κ3) is 4.15. The number of benzene rings is 2. The maximum atomic E-state index is 14.4. The van der Waals surface area contributed by atoms with E-state index in [0.29, 0.717) is 11.6 Å². The van der Waals surface area contributed by atoms with Crippen LogP contribution < -0.4 is 20.9 Å². The van der Waals surface area contributed by atoms with Gasteiger partial charge in [-0.2, -0.15) is 24.7 Å². The predicted octanol–water partition coefficient (Wildman–Crippen LogP) is 3.60. The number of hydrogen-bond donors (Lipinski definition) is 2. The summed E-state index contributed by atoms with van der Waals surface area (Å²) in [6.45, 7) is 0. The quantitative estimate of drug-likeness (QED) is 0.251. The topological polar surface area (TPSA) is 140 Å². The molecule has 0 saturated heterocycles. The number of nitrogen functional groups attached to an aromatic ring is 2. The zero-order valence-corrected chi connectivity index (χ0v) is 19.8. The van der Waals surface area contributed by atoms with Crippen molar-refractivity contribution in [2.45, 2.75) is 6.42 Å². The second-order valence-electron chi connectivity index (χ2n) is 7.97. The molecule has 0 radical (unpaired) electrons. The number of aromatic nitrogens is 6. The summed E-state index contributed by atoms with van der Waals surface area (Å²) in [4.78, 5) is 16.7. The van der Waals surface area contributed by atoms with E-state index >= 15 is 0 Å². The molecule has 38 heavy (non-hydrogen) atoms. The van der Waals surface area contributed by atoms with Crippen molar-refractivity contribution >= 4 is 22.5 Å². The van der Waals surface area contributed by atoms with Crippen LogP contribution in [-0.4, -0.2) is 43.9 Å². The zero-order chi connectivity index (χ0) is 27.1. The van der Waals surface area contributed by atoms with Gasteiger partial charge in [-0.15, -0.1) is 0 Å². The van der Waals surface area contributed by atoms with Crippen LogP contribution in [0, 0.1) is 23.3 Å². The molecule has 14 heteroatoms. The number of fused-ring (bicyclic) bond motifs is 1. The van der Waals surface area contributed by atoms with Gasteiger partial charge in [0, 0.05) is 23.6 Å². The highest BCUT2D eigenvalue weighted by atomic mass is 19.2. The first kappa shape index (κ1) is 24.7. The van der Waals surface area contributed by atoms with E-state index in [1.807, 2.05) is 0 Å². The van der Waals surface area contributed by atoms with E-state index in [1.54, 1.807) is 0 Å². The largest absolute Gasteiger partial charge is 0.480 e. The molecule has 0 spiro atoms. The van der Waals surface area contributed by atoms with Gasteiger partial charge in [-0.3, -0.25) is 0 Å². The minimum absolute atomic E-state index is 0.0398. The Hall–Kier alpha value is -5.01. The highest BCUT2D eigenvalue weighted by Gasteiger charge is 2.23. The number of halogens is 4. The smallest absolute Gasteiger partial charge is 0.319 e. The maximum Gasteiger partial charge on any atom is 0.319 e. The molecule has 5 aromatic rings. The summed E-state index contributed by atoms with van der Waals surface area (Å²) in [7, 11) is 2.77. The van der Waals surface area contributed by atoms with Gasteiger partial charge in [0.25, 0.3) is 5.95 Å². The molecule has 0 aliphatic carbocycles. The molecular weight excluding hydrogens is 508 g/mol. The fourth-order valence-corrected chi connectivity index (χ4v) is 3.96. The molecule has 0 unspecified atom stereocenters. The standard InChI is InChI=1S/C24H18F4N8O2/c1-37-22-13(9-31-24(34-22)38-2)18-20(29)32-23(33-21(18)30)36-17-6-3-10(25)7-12(17)16(35-36)8-11-14(26)4-5-15(27)19(11)28/h3-7,9H,8H2,1-2H3,(H4,29,30,32,33). The number of ether oxygens (including phenoxy) is 2. The molecule has 0 aliphatic rings. The first-order valence-corrected chi connectivity index (χ1v) is 10.9. The lowest BCUT2D eigenvalue weighted by atomic mass is 10.1. The lowest BCUT2D eigenvalue weighted by Gasteiger charge is -2.13. The predicted molar refractivity (Wildman–Crippen MR) is 129 cm³/mol. The minimum Gasteiger partial charge on any atom is -0.480 e. The Bertz CT molecular complexity index is 1690. The number of anilines is 2. The lowest BCUT2D eigenvalue weighted by Crippen LogP contribution is -2.11. The van der Waals surface area contributed by atoms with Crippen LogP contribution in [-0.2, 0) is 6.42 Å². The molecule has 0 bridgehead atoms. The second kappa shape index (κ2) is 9.46. The Balaban J connectivity index is 1.65. The fourth-order valence-electron chi connectivity index (χ4n) is 3.96. The van der Waals surface area contributed by atoms with Gasteiger partial charge < -0.3 is 20.9 Å². The molecule has 3 aromatic heterocycles. The van der Waals surface area contributed by atoms with Crippen LogP contribution in [0.4, 0.5) is 29.2 Å². The van der Waals surface area contributed by atoms with Crippen LogP contribution in [0.25, 0.3) is 28.0 Å². The summed E-state index contributed by atoms with van der Waals surface area (Å²) < 4.78 is 68.1. The van der Waals surface area contributed by atoms with Gasteiger partial charge in [0.1, 0.15) is 23.3 Å². The van der Waals surface area contributed by atoms with Gasteiger partial charge in [-0.05, 0) is 30.3 Å². The lowest BCUT2D eigenvalue weighted by molar-refractivity contribution is 0.353. The monoisotopic (exact) mass is 526 g/mol. The van der Waals surface area contributed by atoms with Gasteiger partial charge in [-0.1, -0.05) is 0 Å². The van der Waals surface area contributed by atoms with E-state index in [0.717, 1.165) is 18.2 Å². The highest BCUT2D eigenvalue weighted by Crippen LogP contribution is 2.36. The number of nitrogens with zero attached hydrogens (tertiary/aromatic N) is 6. The summed E-state index contributed by atoms with van der Waals surface area (Å²) >= 11 is 0. The van der Waals surface area contributed by atoms with E-state index < -0.39 is 35.3 Å². The van der Waals surface area contributed by atoms with Crippen molar-refractivity contribution in [3.8, 4) is 29.0 Å². The molecule has 0 atom stereocenters. The van der Waals surface area contributed by atoms with Crippen LogP contribution in [0.5, 0.6) is 11.9 Å². The van der Waals surface area contributed by atoms with E-state index in [-0.39, 0.29) is 51.6 Å². The van der Waals surface area contributed by atoms with Crippen LogP contribution in [0.2, 0.25) is 0 Å². The van der Waals surface area contributed by atoms with Crippen molar-refractivity contribution in [2.24, 2.45) is 0 Å². The molecule has 0 fully saturated rings. The van der Waals surface area contributed by atoms with Crippen LogP contribution >= 0.6 is 0 Å².